The van der Waals surface area contributed by atoms with E-state index in [9.17, 15) is 22.0 Å². The number of hydrogen-bond acceptors (Lipinski definition) is 3. The van der Waals surface area contributed by atoms with E-state index in [2.05, 4.69) is 4.72 Å². The van der Waals surface area contributed by atoms with Crippen molar-refractivity contribution in [2.24, 2.45) is 0 Å². The van der Waals surface area contributed by atoms with Gasteiger partial charge >= 0.3 is 0 Å². The van der Waals surface area contributed by atoms with E-state index in [1.807, 2.05) is 0 Å². The Kier molecular flexibility index (Phi) is 3.56. The molecule has 1 aliphatic heterocycles. The molecule has 0 bridgehead atoms. The molecule has 1 N–H and O–H groups in total. The molecule has 0 radical (unpaired) electrons. The van der Waals surface area contributed by atoms with Gasteiger partial charge in [0, 0.05) is 19.7 Å². The van der Waals surface area contributed by atoms with Crippen LogP contribution in [0.25, 0.3) is 0 Å². The Morgan fingerprint density at radius 2 is 1.78 bits per heavy atom. The third kappa shape index (κ3) is 2.77. The summed E-state index contributed by atoms with van der Waals surface area (Å²) in [7, 11) is -2.62. The van der Waals surface area contributed by atoms with Crippen LogP contribution in [0.3, 0.4) is 0 Å². The van der Waals surface area contributed by atoms with Gasteiger partial charge in [-0.2, -0.15) is 0 Å². The summed E-state index contributed by atoms with van der Waals surface area (Å²) in [4.78, 5) is 13.0. The number of fused-ring (bicyclic) bond motifs is 1. The van der Waals surface area contributed by atoms with E-state index in [4.69, 9.17) is 0 Å². The minimum absolute atomic E-state index is 0.0847. The molecule has 120 valence electrons. The maximum Gasteiger partial charge on any atom is 0.262 e. The molecule has 1 heterocycles. The third-order valence-electron chi connectivity index (χ3n) is 3.51. The Bertz CT molecular complexity index is 893. The van der Waals surface area contributed by atoms with Crippen molar-refractivity contribution in [1.82, 2.24) is 4.90 Å². The molecule has 23 heavy (non-hydrogen) atoms. The van der Waals surface area contributed by atoms with E-state index < -0.39 is 26.6 Å². The van der Waals surface area contributed by atoms with Crippen LogP contribution in [0.4, 0.5) is 14.5 Å². The second-order valence-electron chi connectivity index (χ2n) is 5.21. The van der Waals surface area contributed by atoms with E-state index >= 15 is 0 Å². The molecule has 0 aliphatic carbocycles. The number of amides is 1. The molecule has 2 aromatic carbocycles. The lowest BCUT2D eigenvalue weighted by Gasteiger charge is -2.11. The van der Waals surface area contributed by atoms with Gasteiger partial charge in [0.25, 0.3) is 15.9 Å². The first kappa shape index (κ1) is 15.4. The van der Waals surface area contributed by atoms with Gasteiger partial charge in [0.05, 0.1) is 16.1 Å². The van der Waals surface area contributed by atoms with Gasteiger partial charge in [-0.1, -0.05) is 12.1 Å². The number of rotatable bonds is 3. The fourth-order valence-corrected chi connectivity index (χ4v) is 3.59. The topological polar surface area (TPSA) is 66.5 Å². The number of halogens is 2. The lowest BCUT2D eigenvalue weighted by Crippen LogP contribution is -2.20. The van der Waals surface area contributed by atoms with Crippen molar-refractivity contribution in [1.29, 1.82) is 0 Å². The first-order chi connectivity index (χ1) is 10.8. The summed E-state index contributed by atoms with van der Waals surface area (Å²) in [6, 6.07) is 6.76. The number of hydrogen-bond donors (Lipinski definition) is 1. The van der Waals surface area contributed by atoms with Crippen molar-refractivity contribution in [2.75, 3.05) is 11.8 Å². The Balaban J connectivity index is 2.03. The number of carbonyl (C=O) groups excluding carboxylic acids is 1. The van der Waals surface area contributed by atoms with Crippen molar-refractivity contribution in [3.05, 3.63) is 59.2 Å². The minimum Gasteiger partial charge on any atom is -0.337 e. The van der Waals surface area contributed by atoms with Crippen molar-refractivity contribution in [3.63, 3.8) is 0 Å². The van der Waals surface area contributed by atoms with Gasteiger partial charge in [0.1, 0.15) is 11.6 Å². The standard InChI is InChI=1S/C15H12F2N2O3S/c1-19-8-9-3-2-4-13(14(9)15(19)20)18-23(21,22)12-6-10(16)5-11(17)7-12/h2-7,18H,8H2,1H3. The number of sulfonamides is 1. The molecule has 0 fully saturated rings. The van der Waals surface area contributed by atoms with E-state index in [-0.39, 0.29) is 17.2 Å². The maximum absolute atomic E-state index is 13.2. The summed E-state index contributed by atoms with van der Waals surface area (Å²) >= 11 is 0. The number of nitrogens with zero attached hydrogens (tertiary/aromatic N) is 1. The smallest absolute Gasteiger partial charge is 0.262 e. The molecule has 0 unspecified atom stereocenters. The SMILES string of the molecule is CN1Cc2cccc(NS(=O)(=O)c3cc(F)cc(F)c3)c2C1=O. The van der Waals surface area contributed by atoms with Crippen molar-refractivity contribution >= 4 is 21.6 Å². The van der Waals surface area contributed by atoms with Gasteiger partial charge < -0.3 is 4.90 Å². The zero-order chi connectivity index (χ0) is 16.8. The van der Waals surface area contributed by atoms with Crippen LogP contribution in [-0.2, 0) is 16.6 Å². The predicted octanol–water partition coefficient (Wildman–Crippen LogP) is 2.35. The Hall–Kier alpha value is -2.48. The average Bonchev–Trinajstić information content (AvgIpc) is 2.74. The predicted molar refractivity (Wildman–Crippen MR) is 79.4 cm³/mol. The molecule has 0 spiro atoms. The lowest BCUT2D eigenvalue weighted by atomic mass is 10.1. The van der Waals surface area contributed by atoms with Crippen LogP contribution < -0.4 is 4.72 Å². The van der Waals surface area contributed by atoms with Crippen LogP contribution in [0.15, 0.2) is 41.3 Å². The monoisotopic (exact) mass is 338 g/mol. The fourth-order valence-electron chi connectivity index (χ4n) is 2.48. The van der Waals surface area contributed by atoms with Crippen LogP contribution >= 0.6 is 0 Å². The average molecular weight is 338 g/mol. The van der Waals surface area contributed by atoms with Crippen LogP contribution in [-0.4, -0.2) is 26.3 Å². The number of nitrogens with one attached hydrogen (secondary N) is 1. The van der Waals surface area contributed by atoms with Gasteiger partial charge in [-0.05, 0) is 23.8 Å². The second kappa shape index (κ2) is 5.31. The maximum atomic E-state index is 13.2. The molecular formula is C15H12F2N2O3S. The van der Waals surface area contributed by atoms with E-state index in [1.165, 1.54) is 11.0 Å². The molecule has 8 heteroatoms. The molecule has 0 saturated carbocycles. The van der Waals surface area contributed by atoms with Crippen molar-refractivity contribution in [2.45, 2.75) is 11.4 Å². The minimum atomic E-state index is -4.22. The van der Waals surface area contributed by atoms with Gasteiger partial charge in [-0.3, -0.25) is 9.52 Å². The quantitative estimate of drug-likeness (QED) is 0.934. The number of anilines is 1. The van der Waals surface area contributed by atoms with Crippen molar-refractivity contribution < 1.29 is 22.0 Å². The lowest BCUT2D eigenvalue weighted by molar-refractivity contribution is 0.0817. The van der Waals surface area contributed by atoms with E-state index in [0.29, 0.717) is 30.3 Å². The van der Waals surface area contributed by atoms with Gasteiger partial charge in [-0.25, -0.2) is 17.2 Å². The molecule has 2 aromatic rings. The first-order valence-electron chi connectivity index (χ1n) is 6.64. The summed E-state index contributed by atoms with van der Waals surface area (Å²) in [6.07, 6.45) is 0. The molecule has 1 amide bonds. The number of benzene rings is 2. The molecular weight excluding hydrogens is 326 g/mol. The summed E-state index contributed by atoms with van der Waals surface area (Å²) in [5.74, 6) is -2.32. The Labute approximate surface area is 131 Å². The highest BCUT2D eigenvalue weighted by atomic mass is 32.2. The van der Waals surface area contributed by atoms with E-state index in [0.717, 1.165) is 0 Å². The van der Waals surface area contributed by atoms with Gasteiger partial charge in [-0.15, -0.1) is 0 Å². The van der Waals surface area contributed by atoms with Crippen LogP contribution in [0.1, 0.15) is 15.9 Å². The largest absolute Gasteiger partial charge is 0.337 e. The molecule has 1 aliphatic rings. The summed E-state index contributed by atoms with van der Waals surface area (Å²) in [5.41, 5.74) is 1.01. The zero-order valence-corrected chi connectivity index (χ0v) is 12.8. The summed E-state index contributed by atoms with van der Waals surface area (Å²) in [5, 5.41) is 0. The second-order valence-corrected chi connectivity index (χ2v) is 6.89. The normalized spacial score (nSPS) is 14.0. The van der Waals surface area contributed by atoms with E-state index in [1.54, 1.807) is 19.2 Å². The Morgan fingerprint density at radius 1 is 1.13 bits per heavy atom. The van der Waals surface area contributed by atoms with Crippen LogP contribution in [0.5, 0.6) is 0 Å². The summed E-state index contributed by atoms with van der Waals surface area (Å²) in [6.45, 7) is 0.373. The highest BCUT2D eigenvalue weighted by molar-refractivity contribution is 7.92. The fraction of sp³-hybridized carbons (Fsp3) is 0.133. The third-order valence-corrected chi connectivity index (χ3v) is 4.85. The zero-order valence-electron chi connectivity index (χ0n) is 12.0. The number of carbonyl (C=O) groups is 1. The molecule has 0 saturated heterocycles. The highest BCUT2D eigenvalue weighted by Gasteiger charge is 2.29. The first-order valence-corrected chi connectivity index (χ1v) is 8.12. The highest BCUT2D eigenvalue weighted by Crippen LogP contribution is 2.30. The summed E-state index contributed by atoms with van der Waals surface area (Å²) < 4.78 is 53.4. The van der Waals surface area contributed by atoms with Gasteiger partial charge in [0.2, 0.25) is 0 Å². The van der Waals surface area contributed by atoms with Crippen molar-refractivity contribution in [3.8, 4) is 0 Å². The van der Waals surface area contributed by atoms with Crippen LogP contribution in [0, 0.1) is 11.6 Å². The Morgan fingerprint density at radius 3 is 2.43 bits per heavy atom. The molecule has 5 nitrogen and oxygen atoms in total. The molecule has 0 atom stereocenters. The van der Waals surface area contributed by atoms with Crippen LogP contribution in [0.2, 0.25) is 0 Å². The molecule has 0 aromatic heterocycles. The van der Waals surface area contributed by atoms with Gasteiger partial charge in [0.15, 0.2) is 0 Å². The molecule has 3 rings (SSSR count).